The minimum Gasteiger partial charge on any atom is -0.493 e. The van der Waals surface area contributed by atoms with E-state index < -0.39 is 0 Å². The molecule has 3 rings (SSSR count). The van der Waals surface area contributed by atoms with Gasteiger partial charge in [0, 0.05) is 16.0 Å². The number of ether oxygens (including phenoxy) is 2. The van der Waals surface area contributed by atoms with Gasteiger partial charge in [-0.15, -0.1) is 11.8 Å². The fraction of sp³-hybridized carbons (Fsp3) is 0.435. The predicted molar refractivity (Wildman–Crippen MR) is 111 cm³/mol. The second-order valence-corrected chi connectivity index (χ2v) is 8.56. The Morgan fingerprint density at radius 3 is 2.82 bits per heavy atom. The van der Waals surface area contributed by atoms with Crippen LogP contribution in [0.2, 0.25) is 0 Å². The van der Waals surface area contributed by atoms with Crippen LogP contribution in [0, 0.1) is 11.8 Å². The minimum atomic E-state index is -0.296. The van der Waals surface area contributed by atoms with Crippen LogP contribution in [-0.4, -0.2) is 24.9 Å². The summed E-state index contributed by atoms with van der Waals surface area (Å²) in [4.78, 5) is 12.7. The summed E-state index contributed by atoms with van der Waals surface area (Å²) in [6, 6.07) is 7.83. The molecular weight excluding hydrogens is 372 g/mol. The first-order valence-electron chi connectivity index (χ1n) is 9.63. The average molecular weight is 399 g/mol. The Bertz CT molecular complexity index is 914. The average Bonchev–Trinajstić information content (AvgIpc) is 3.07. The summed E-state index contributed by atoms with van der Waals surface area (Å²) in [5.74, 6) is 9.09. The molecule has 28 heavy (non-hydrogen) atoms. The van der Waals surface area contributed by atoms with Gasteiger partial charge < -0.3 is 13.9 Å². The molecule has 1 aliphatic heterocycles. The largest absolute Gasteiger partial charge is 0.493 e. The number of hydrogen-bond acceptors (Lipinski definition) is 5. The number of hydrogen-bond donors (Lipinski definition) is 0. The molecule has 0 N–H and O–H groups in total. The molecule has 1 aromatic carbocycles. The highest BCUT2D eigenvalue weighted by Gasteiger charge is 2.29. The molecule has 2 aromatic rings. The molecule has 0 amide bonds. The van der Waals surface area contributed by atoms with Crippen LogP contribution in [0.1, 0.15) is 56.8 Å². The van der Waals surface area contributed by atoms with Gasteiger partial charge in [-0.1, -0.05) is 26.7 Å². The highest BCUT2D eigenvalue weighted by molar-refractivity contribution is 7.99. The number of benzene rings is 1. The Hall–Kier alpha value is -2.32. The van der Waals surface area contributed by atoms with E-state index in [0.717, 1.165) is 35.0 Å². The number of furan rings is 1. The standard InChI is InChI=1S/C23H26O4S/c1-5-25-22(24)14-18-10-9-17(27-18)8-7-16-13-19-20(15-21(16)28-6-2)26-12-11-23(19,3)4/h9-10,13,15H,5-6,11-12,14H2,1-4H3. The molecule has 4 nitrogen and oxygen atoms in total. The monoisotopic (exact) mass is 398 g/mol. The summed E-state index contributed by atoms with van der Waals surface area (Å²) in [5, 5.41) is 0. The van der Waals surface area contributed by atoms with Gasteiger partial charge >= 0.3 is 5.97 Å². The van der Waals surface area contributed by atoms with E-state index in [2.05, 4.69) is 44.7 Å². The molecule has 0 aliphatic carbocycles. The maximum absolute atomic E-state index is 11.6. The molecule has 0 unspecified atom stereocenters. The molecular formula is C23H26O4S. The Morgan fingerprint density at radius 2 is 2.07 bits per heavy atom. The zero-order valence-electron chi connectivity index (χ0n) is 16.9. The number of esters is 1. The van der Waals surface area contributed by atoms with Crippen molar-refractivity contribution in [3.8, 4) is 17.6 Å². The number of thioether (sulfide) groups is 1. The van der Waals surface area contributed by atoms with Crippen molar-refractivity contribution < 1.29 is 18.7 Å². The molecule has 0 spiro atoms. The quantitative estimate of drug-likeness (QED) is 0.405. The van der Waals surface area contributed by atoms with Crippen LogP contribution in [0.5, 0.6) is 5.75 Å². The van der Waals surface area contributed by atoms with E-state index in [1.165, 1.54) is 5.56 Å². The summed E-state index contributed by atoms with van der Waals surface area (Å²) in [6.07, 6.45) is 1.11. The van der Waals surface area contributed by atoms with Crippen LogP contribution < -0.4 is 4.74 Å². The molecule has 0 radical (unpaired) electrons. The van der Waals surface area contributed by atoms with Crippen LogP contribution in [0.3, 0.4) is 0 Å². The van der Waals surface area contributed by atoms with Crippen molar-refractivity contribution in [1.82, 2.24) is 0 Å². The van der Waals surface area contributed by atoms with Crippen LogP contribution in [0.4, 0.5) is 0 Å². The van der Waals surface area contributed by atoms with E-state index in [1.54, 1.807) is 30.8 Å². The molecule has 0 bridgehead atoms. The molecule has 0 saturated heterocycles. The zero-order valence-corrected chi connectivity index (χ0v) is 17.7. The highest BCUT2D eigenvalue weighted by atomic mass is 32.2. The molecule has 1 aliphatic rings. The third kappa shape index (κ3) is 4.74. The van der Waals surface area contributed by atoms with Crippen molar-refractivity contribution >= 4 is 17.7 Å². The van der Waals surface area contributed by atoms with Gasteiger partial charge in [-0.3, -0.25) is 4.79 Å². The Kier molecular flexibility index (Phi) is 6.41. The van der Waals surface area contributed by atoms with Gasteiger partial charge in [-0.05, 0) is 54.7 Å². The van der Waals surface area contributed by atoms with Crippen LogP contribution in [0.25, 0.3) is 0 Å². The first kappa shape index (κ1) is 20.4. The van der Waals surface area contributed by atoms with Crippen molar-refractivity contribution in [3.05, 3.63) is 46.9 Å². The Balaban J connectivity index is 1.88. The first-order valence-corrected chi connectivity index (χ1v) is 10.6. The lowest BCUT2D eigenvalue weighted by atomic mass is 9.79. The molecule has 0 fully saturated rings. The molecule has 148 valence electrons. The Labute approximate surface area is 171 Å². The molecule has 5 heteroatoms. The van der Waals surface area contributed by atoms with Gasteiger partial charge in [0.2, 0.25) is 0 Å². The van der Waals surface area contributed by atoms with Crippen molar-refractivity contribution in [2.75, 3.05) is 19.0 Å². The van der Waals surface area contributed by atoms with Gasteiger partial charge in [0.15, 0.2) is 5.76 Å². The fourth-order valence-electron chi connectivity index (χ4n) is 3.16. The Morgan fingerprint density at radius 1 is 1.25 bits per heavy atom. The maximum atomic E-state index is 11.6. The summed E-state index contributed by atoms with van der Waals surface area (Å²) in [7, 11) is 0. The normalized spacial score (nSPS) is 14.4. The van der Waals surface area contributed by atoms with E-state index in [9.17, 15) is 4.79 Å². The smallest absolute Gasteiger partial charge is 0.313 e. The van der Waals surface area contributed by atoms with Crippen molar-refractivity contribution in [2.45, 2.75) is 50.8 Å². The van der Waals surface area contributed by atoms with Crippen molar-refractivity contribution in [1.29, 1.82) is 0 Å². The van der Waals surface area contributed by atoms with E-state index in [-0.39, 0.29) is 17.8 Å². The van der Waals surface area contributed by atoms with Crippen LogP contribution >= 0.6 is 11.8 Å². The number of fused-ring (bicyclic) bond motifs is 1. The lowest BCUT2D eigenvalue weighted by Crippen LogP contribution is -2.26. The van der Waals surface area contributed by atoms with Crippen LogP contribution in [-0.2, 0) is 21.4 Å². The molecule has 2 heterocycles. The SMILES string of the molecule is CCOC(=O)Cc1ccc(C#Cc2cc3c(cc2SCC)OCCC3(C)C)o1. The minimum absolute atomic E-state index is 0.0664. The molecule has 0 saturated carbocycles. The third-order valence-electron chi connectivity index (χ3n) is 4.70. The topological polar surface area (TPSA) is 48.7 Å². The summed E-state index contributed by atoms with van der Waals surface area (Å²) >= 11 is 1.75. The zero-order chi connectivity index (χ0) is 20.1. The summed E-state index contributed by atoms with van der Waals surface area (Å²) < 4.78 is 16.5. The fourth-order valence-corrected chi connectivity index (χ4v) is 3.92. The van der Waals surface area contributed by atoms with Gasteiger partial charge in [0.25, 0.3) is 0 Å². The second kappa shape index (κ2) is 8.79. The lowest BCUT2D eigenvalue weighted by molar-refractivity contribution is -0.142. The second-order valence-electron chi connectivity index (χ2n) is 7.26. The summed E-state index contributed by atoms with van der Waals surface area (Å²) in [5.41, 5.74) is 2.25. The van der Waals surface area contributed by atoms with E-state index in [0.29, 0.717) is 18.1 Å². The van der Waals surface area contributed by atoms with E-state index >= 15 is 0 Å². The molecule has 0 atom stereocenters. The van der Waals surface area contributed by atoms with Crippen molar-refractivity contribution in [2.24, 2.45) is 0 Å². The molecule has 1 aromatic heterocycles. The van der Waals surface area contributed by atoms with Crippen LogP contribution in [0.15, 0.2) is 33.6 Å². The van der Waals surface area contributed by atoms with Gasteiger partial charge in [-0.2, -0.15) is 0 Å². The van der Waals surface area contributed by atoms with E-state index in [1.807, 2.05) is 0 Å². The highest BCUT2D eigenvalue weighted by Crippen LogP contribution is 2.41. The first-order chi connectivity index (χ1) is 13.4. The van der Waals surface area contributed by atoms with Gasteiger partial charge in [0.05, 0.1) is 13.2 Å². The predicted octanol–water partition coefficient (Wildman–Crippen LogP) is 4.96. The number of carbonyl (C=O) groups is 1. The van der Waals surface area contributed by atoms with Gasteiger partial charge in [0.1, 0.15) is 17.9 Å². The van der Waals surface area contributed by atoms with E-state index in [4.69, 9.17) is 13.9 Å². The number of carbonyl (C=O) groups excluding carboxylic acids is 1. The van der Waals surface area contributed by atoms with Gasteiger partial charge in [-0.25, -0.2) is 0 Å². The summed E-state index contributed by atoms with van der Waals surface area (Å²) in [6.45, 7) is 9.51. The number of rotatable bonds is 5. The maximum Gasteiger partial charge on any atom is 0.313 e. The third-order valence-corrected chi connectivity index (χ3v) is 5.64. The lowest BCUT2D eigenvalue weighted by Gasteiger charge is -2.33. The van der Waals surface area contributed by atoms with Crippen molar-refractivity contribution in [3.63, 3.8) is 0 Å².